The van der Waals surface area contributed by atoms with Gasteiger partial charge in [0.15, 0.2) is 0 Å². The fourth-order valence-electron chi connectivity index (χ4n) is 5.49. The summed E-state index contributed by atoms with van der Waals surface area (Å²) in [6.07, 6.45) is -1.07. The number of hydrogen-bond acceptors (Lipinski definition) is 5. The number of imide groups is 1. The number of ketones is 2. The zero-order valence-electron chi connectivity index (χ0n) is 18.0. The van der Waals surface area contributed by atoms with Gasteiger partial charge in [-0.1, -0.05) is 48.5 Å². The van der Waals surface area contributed by atoms with Crippen molar-refractivity contribution in [2.24, 2.45) is 11.8 Å². The maximum absolute atomic E-state index is 13.8. The van der Waals surface area contributed by atoms with E-state index in [2.05, 4.69) is 0 Å². The highest BCUT2D eigenvalue weighted by atomic mass is 19.1. The summed E-state index contributed by atoms with van der Waals surface area (Å²) in [6.45, 7) is 1.84. The smallest absolute Gasteiger partial charge is 0.241 e. The predicted octanol–water partition coefficient (Wildman–Crippen LogP) is 3.83. The van der Waals surface area contributed by atoms with Crippen LogP contribution in [0.15, 0.2) is 72.8 Å². The van der Waals surface area contributed by atoms with Crippen LogP contribution in [0.2, 0.25) is 0 Å². The summed E-state index contributed by atoms with van der Waals surface area (Å²) in [6, 6.07) is 18.5. The lowest BCUT2D eigenvalue weighted by atomic mass is 9.77. The molecule has 6 rings (SSSR count). The van der Waals surface area contributed by atoms with Crippen molar-refractivity contribution in [3.8, 4) is 0 Å². The van der Waals surface area contributed by atoms with Gasteiger partial charge in [0.05, 0.1) is 23.6 Å². The van der Waals surface area contributed by atoms with Crippen molar-refractivity contribution in [2.45, 2.75) is 18.6 Å². The Hall–Kier alpha value is -3.97. The first-order chi connectivity index (χ1) is 16.3. The molecular weight excluding hydrogens is 437 g/mol. The molecule has 2 fully saturated rings. The highest BCUT2D eigenvalue weighted by Gasteiger charge is 2.74. The number of halogens is 1. The Balaban J connectivity index is 1.55. The van der Waals surface area contributed by atoms with Crippen LogP contribution in [-0.4, -0.2) is 29.0 Å². The van der Waals surface area contributed by atoms with Crippen molar-refractivity contribution in [3.05, 3.63) is 101 Å². The molecule has 34 heavy (non-hydrogen) atoms. The lowest BCUT2D eigenvalue weighted by molar-refractivity contribution is -0.127. The third-order valence-corrected chi connectivity index (χ3v) is 6.98. The van der Waals surface area contributed by atoms with E-state index in [1.54, 1.807) is 30.3 Å². The van der Waals surface area contributed by atoms with E-state index in [-0.39, 0.29) is 11.1 Å². The third-order valence-electron chi connectivity index (χ3n) is 6.98. The number of ether oxygens (including phenoxy) is 1. The minimum Gasteiger partial charge on any atom is -0.349 e. The SMILES string of the molecule is Cc1cccc(N2C(=O)[C@@H]3[C@@H](c4ccc(F)cc4)OC4(C(=O)c5ccccc5C4=O)[C@@H]3C2=O)c1. The normalized spacial score (nSPS) is 24.8. The van der Waals surface area contributed by atoms with Crippen LogP contribution in [0.3, 0.4) is 0 Å². The van der Waals surface area contributed by atoms with Crippen molar-refractivity contribution in [1.82, 2.24) is 0 Å². The first-order valence-electron chi connectivity index (χ1n) is 10.9. The van der Waals surface area contributed by atoms with Crippen molar-refractivity contribution in [1.29, 1.82) is 0 Å². The van der Waals surface area contributed by atoms with Gasteiger partial charge in [-0.15, -0.1) is 0 Å². The molecular formula is C27H18FNO5. The molecule has 3 atom stereocenters. The van der Waals surface area contributed by atoms with E-state index in [9.17, 15) is 23.6 Å². The van der Waals surface area contributed by atoms with Crippen molar-refractivity contribution in [2.75, 3.05) is 4.90 Å². The van der Waals surface area contributed by atoms with Gasteiger partial charge >= 0.3 is 0 Å². The van der Waals surface area contributed by atoms with E-state index in [1.807, 2.05) is 13.0 Å². The number of benzene rings is 3. The Morgan fingerprint density at radius 2 is 1.47 bits per heavy atom. The molecule has 0 saturated carbocycles. The van der Waals surface area contributed by atoms with Crippen molar-refractivity contribution < 1.29 is 28.3 Å². The van der Waals surface area contributed by atoms with E-state index in [1.165, 1.54) is 36.4 Å². The van der Waals surface area contributed by atoms with Crippen LogP contribution < -0.4 is 4.90 Å². The Kier molecular flexibility index (Phi) is 4.25. The second kappa shape index (κ2) is 7.01. The molecule has 1 spiro atoms. The fourth-order valence-corrected chi connectivity index (χ4v) is 5.49. The number of rotatable bonds is 2. The van der Waals surface area contributed by atoms with Gasteiger partial charge in [0.25, 0.3) is 0 Å². The molecule has 3 aliphatic rings. The van der Waals surface area contributed by atoms with Crippen LogP contribution in [0.4, 0.5) is 10.1 Å². The van der Waals surface area contributed by atoms with E-state index < -0.39 is 52.7 Å². The number of anilines is 1. The highest BCUT2D eigenvalue weighted by Crippen LogP contribution is 2.57. The van der Waals surface area contributed by atoms with Crippen molar-refractivity contribution in [3.63, 3.8) is 0 Å². The molecule has 0 radical (unpaired) electrons. The lowest BCUT2D eigenvalue weighted by Gasteiger charge is -2.27. The number of aryl methyl sites for hydroxylation is 1. The van der Waals surface area contributed by atoms with Crippen LogP contribution in [0.25, 0.3) is 0 Å². The average molecular weight is 455 g/mol. The molecule has 2 amide bonds. The van der Waals surface area contributed by atoms with Gasteiger partial charge in [-0.2, -0.15) is 0 Å². The van der Waals surface area contributed by atoms with Gasteiger partial charge in [0.2, 0.25) is 29.0 Å². The van der Waals surface area contributed by atoms with Crippen LogP contribution in [0.5, 0.6) is 0 Å². The topological polar surface area (TPSA) is 80.8 Å². The number of Topliss-reactive ketones (excluding diaryl/α,β-unsaturated/α-hetero) is 2. The molecule has 2 saturated heterocycles. The van der Waals surface area contributed by atoms with Gasteiger partial charge in [0.1, 0.15) is 5.82 Å². The minimum atomic E-state index is -2.14. The molecule has 2 aliphatic heterocycles. The number of carbonyl (C=O) groups is 4. The molecule has 7 heteroatoms. The number of hydrogen-bond donors (Lipinski definition) is 0. The lowest BCUT2D eigenvalue weighted by Crippen LogP contribution is -2.51. The fraction of sp³-hybridized carbons (Fsp3) is 0.185. The summed E-state index contributed by atoms with van der Waals surface area (Å²) in [4.78, 5) is 55.9. The summed E-state index contributed by atoms with van der Waals surface area (Å²) in [5.74, 6) is -5.38. The summed E-state index contributed by atoms with van der Waals surface area (Å²) < 4.78 is 19.8. The molecule has 3 aromatic rings. The van der Waals surface area contributed by atoms with Crippen LogP contribution in [0.1, 0.15) is 37.9 Å². The average Bonchev–Trinajstić information content (AvgIpc) is 3.40. The second-order valence-corrected chi connectivity index (χ2v) is 8.88. The largest absolute Gasteiger partial charge is 0.349 e. The zero-order valence-corrected chi connectivity index (χ0v) is 18.0. The van der Waals surface area contributed by atoms with Gasteiger partial charge < -0.3 is 4.74 Å². The van der Waals surface area contributed by atoms with E-state index in [0.717, 1.165) is 10.5 Å². The molecule has 0 unspecified atom stereocenters. The minimum absolute atomic E-state index is 0.167. The van der Waals surface area contributed by atoms with Crippen LogP contribution in [-0.2, 0) is 14.3 Å². The van der Waals surface area contributed by atoms with E-state index in [4.69, 9.17) is 4.74 Å². The molecule has 1 aliphatic carbocycles. The Bertz CT molecular complexity index is 1380. The van der Waals surface area contributed by atoms with Crippen LogP contribution >= 0.6 is 0 Å². The number of fused-ring (bicyclic) bond motifs is 3. The summed E-state index contributed by atoms with van der Waals surface area (Å²) >= 11 is 0. The van der Waals surface area contributed by atoms with E-state index in [0.29, 0.717) is 11.3 Å². The Morgan fingerprint density at radius 1 is 0.824 bits per heavy atom. The zero-order chi connectivity index (χ0) is 23.8. The second-order valence-electron chi connectivity index (χ2n) is 8.88. The quantitative estimate of drug-likeness (QED) is 0.433. The maximum atomic E-state index is 13.8. The Labute approximate surface area is 193 Å². The monoisotopic (exact) mass is 455 g/mol. The van der Waals surface area contributed by atoms with Gasteiger partial charge in [0, 0.05) is 11.1 Å². The number of carbonyl (C=O) groups excluding carboxylic acids is 4. The number of amides is 2. The molecule has 0 aromatic heterocycles. The summed E-state index contributed by atoms with van der Waals surface area (Å²) in [5.41, 5.74) is -0.180. The maximum Gasteiger partial charge on any atom is 0.241 e. The molecule has 0 N–H and O–H groups in total. The van der Waals surface area contributed by atoms with E-state index >= 15 is 0 Å². The standard InChI is InChI=1S/C27H18FNO5/c1-14-5-4-6-17(13-14)29-25(32)20-21(26(29)33)27(34-22(20)15-9-11-16(28)12-10-15)23(30)18-7-2-3-8-19(18)24(27)31/h2-13,20-22H,1H3/t20-,21-,22+/m0/s1. The molecule has 0 bridgehead atoms. The third kappa shape index (κ3) is 2.53. The van der Waals surface area contributed by atoms with Gasteiger partial charge in [-0.25, -0.2) is 9.29 Å². The van der Waals surface area contributed by atoms with Gasteiger partial charge in [-0.05, 0) is 42.3 Å². The predicted molar refractivity (Wildman–Crippen MR) is 119 cm³/mol. The Morgan fingerprint density at radius 3 is 2.09 bits per heavy atom. The summed E-state index contributed by atoms with van der Waals surface area (Å²) in [7, 11) is 0. The number of nitrogens with zero attached hydrogens (tertiary/aromatic N) is 1. The summed E-state index contributed by atoms with van der Waals surface area (Å²) in [5, 5.41) is 0. The molecule has 2 heterocycles. The molecule has 3 aromatic carbocycles. The molecule has 168 valence electrons. The highest BCUT2D eigenvalue weighted by molar-refractivity contribution is 6.37. The first-order valence-corrected chi connectivity index (χ1v) is 10.9. The first kappa shape index (κ1) is 20.6. The van der Waals surface area contributed by atoms with Gasteiger partial charge in [-0.3, -0.25) is 19.2 Å². The van der Waals surface area contributed by atoms with Crippen LogP contribution in [0, 0.1) is 24.6 Å². The van der Waals surface area contributed by atoms with Crippen molar-refractivity contribution >= 4 is 29.1 Å². The molecule has 6 nitrogen and oxygen atoms in total.